The van der Waals surface area contributed by atoms with Gasteiger partial charge in [0.05, 0.1) is 5.69 Å². The van der Waals surface area contributed by atoms with Gasteiger partial charge in [-0.1, -0.05) is 55.5 Å². The summed E-state index contributed by atoms with van der Waals surface area (Å²) in [7, 11) is 0. The average molecular weight is 420 g/mol. The molecule has 5 heteroatoms. The molecule has 0 aliphatic carbocycles. The van der Waals surface area contributed by atoms with Crippen LogP contribution in [0.4, 0.5) is 0 Å². The first-order valence-corrected chi connectivity index (χ1v) is 11.7. The molecule has 0 bridgehead atoms. The highest BCUT2D eigenvalue weighted by molar-refractivity contribution is 7.13. The Morgan fingerprint density at radius 3 is 2.40 bits per heavy atom. The van der Waals surface area contributed by atoms with Crippen LogP contribution < -0.4 is 0 Å². The average Bonchev–Trinajstić information content (AvgIpc) is 3.28. The number of amides is 1. The SMILES string of the molecule is CCCN(Cc1csc(-c2ccccc2)n1)C1CCN(C(=O)c2ccccc2)CC1. The number of rotatable bonds is 7. The topological polar surface area (TPSA) is 36.4 Å². The molecule has 0 saturated carbocycles. The Labute approximate surface area is 183 Å². The Morgan fingerprint density at radius 1 is 1.07 bits per heavy atom. The molecule has 156 valence electrons. The summed E-state index contributed by atoms with van der Waals surface area (Å²) in [6, 6.07) is 20.5. The molecule has 0 radical (unpaired) electrons. The molecule has 4 rings (SSSR count). The minimum atomic E-state index is 0.156. The molecule has 0 unspecified atom stereocenters. The van der Waals surface area contributed by atoms with Gasteiger partial charge in [-0.15, -0.1) is 11.3 Å². The second-order valence-corrected chi connectivity index (χ2v) is 8.73. The Balaban J connectivity index is 1.37. The van der Waals surface area contributed by atoms with Crippen molar-refractivity contribution in [3.63, 3.8) is 0 Å². The predicted octanol–water partition coefficient (Wildman–Crippen LogP) is 5.33. The molecule has 2 aromatic carbocycles. The second kappa shape index (κ2) is 10.0. The highest BCUT2D eigenvalue weighted by atomic mass is 32.1. The minimum Gasteiger partial charge on any atom is -0.339 e. The molecule has 3 aromatic rings. The van der Waals surface area contributed by atoms with E-state index < -0.39 is 0 Å². The Hall–Kier alpha value is -2.50. The van der Waals surface area contributed by atoms with Crippen LogP contribution in [0.25, 0.3) is 10.6 Å². The number of hydrogen-bond donors (Lipinski definition) is 0. The maximum atomic E-state index is 12.7. The number of benzene rings is 2. The molecule has 1 amide bonds. The van der Waals surface area contributed by atoms with Crippen molar-refractivity contribution in [2.45, 2.75) is 38.8 Å². The molecule has 0 spiro atoms. The number of carbonyl (C=O) groups is 1. The van der Waals surface area contributed by atoms with Crippen molar-refractivity contribution in [3.8, 4) is 10.6 Å². The molecule has 4 nitrogen and oxygen atoms in total. The third kappa shape index (κ3) is 4.97. The van der Waals surface area contributed by atoms with E-state index in [2.05, 4.69) is 41.5 Å². The van der Waals surface area contributed by atoms with Gasteiger partial charge in [0.25, 0.3) is 5.91 Å². The number of piperidine rings is 1. The van der Waals surface area contributed by atoms with Gasteiger partial charge in [0.1, 0.15) is 5.01 Å². The highest BCUT2D eigenvalue weighted by Gasteiger charge is 2.27. The molecule has 1 aliphatic rings. The largest absolute Gasteiger partial charge is 0.339 e. The van der Waals surface area contributed by atoms with E-state index in [0.29, 0.717) is 6.04 Å². The van der Waals surface area contributed by atoms with E-state index in [-0.39, 0.29) is 5.91 Å². The van der Waals surface area contributed by atoms with E-state index in [9.17, 15) is 4.79 Å². The normalized spacial score (nSPS) is 14.9. The lowest BCUT2D eigenvalue weighted by atomic mass is 10.0. The zero-order chi connectivity index (χ0) is 20.8. The van der Waals surface area contributed by atoms with E-state index in [0.717, 1.165) is 61.7 Å². The fourth-order valence-corrected chi connectivity index (χ4v) is 4.99. The summed E-state index contributed by atoms with van der Waals surface area (Å²) in [5, 5.41) is 3.28. The molecule has 30 heavy (non-hydrogen) atoms. The van der Waals surface area contributed by atoms with Gasteiger partial charge >= 0.3 is 0 Å². The molecular formula is C25H29N3OS. The Morgan fingerprint density at radius 2 is 1.73 bits per heavy atom. The second-order valence-electron chi connectivity index (χ2n) is 7.87. The summed E-state index contributed by atoms with van der Waals surface area (Å²) in [6.45, 7) is 5.83. The lowest BCUT2D eigenvalue weighted by molar-refractivity contribution is 0.0605. The lowest BCUT2D eigenvalue weighted by Gasteiger charge is -2.38. The van der Waals surface area contributed by atoms with Gasteiger partial charge in [-0.2, -0.15) is 0 Å². The molecule has 2 heterocycles. The van der Waals surface area contributed by atoms with Crippen molar-refractivity contribution in [3.05, 3.63) is 77.3 Å². The summed E-state index contributed by atoms with van der Waals surface area (Å²) in [5.41, 5.74) is 3.12. The summed E-state index contributed by atoms with van der Waals surface area (Å²) in [6.07, 6.45) is 3.17. The number of nitrogens with zero attached hydrogens (tertiary/aromatic N) is 3. The molecule has 1 fully saturated rings. The van der Waals surface area contributed by atoms with Gasteiger partial charge in [-0.05, 0) is 37.9 Å². The number of thiazole rings is 1. The van der Waals surface area contributed by atoms with Crippen molar-refractivity contribution in [2.24, 2.45) is 0 Å². The van der Waals surface area contributed by atoms with Crippen LogP contribution in [-0.4, -0.2) is 46.4 Å². The van der Waals surface area contributed by atoms with E-state index >= 15 is 0 Å². The fourth-order valence-electron chi connectivity index (χ4n) is 4.18. The van der Waals surface area contributed by atoms with Crippen LogP contribution in [0.15, 0.2) is 66.0 Å². The van der Waals surface area contributed by atoms with Crippen LogP contribution in [0.2, 0.25) is 0 Å². The third-order valence-corrected chi connectivity index (χ3v) is 6.68. The summed E-state index contributed by atoms with van der Waals surface area (Å²) in [5.74, 6) is 0.156. The quantitative estimate of drug-likeness (QED) is 0.519. The number of aromatic nitrogens is 1. The van der Waals surface area contributed by atoms with Gasteiger partial charge in [0.15, 0.2) is 0 Å². The Bertz CT molecular complexity index is 933. The first-order chi connectivity index (χ1) is 14.7. The van der Waals surface area contributed by atoms with Crippen LogP contribution in [0.1, 0.15) is 42.2 Å². The minimum absolute atomic E-state index is 0.156. The van der Waals surface area contributed by atoms with Crippen molar-refractivity contribution in [2.75, 3.05) is 19.6 Å². The first kappa shape index (κ1) is 20.8. The van der Waals surface area contributed by atoms with Gasteiger partial charge in [-0.3, -0.25) is 9.69 Å². The molecule has 1 aliphatic heterocycles. The van der Waals surface area contributed by atoms with E-state index in [1.54, 1.807) is 11.3 Å². The zero-order valence-corrected chi connectivity index (χ0v) is 18.4. The van der Waals surface area contributed by atoms with Crippen LogP contribution in [-0.2, 0) is 6.54 Å². The molecule has 0 N–H and O–H groups in total. The van der Waals surface area contributed by atoms with Crippen molar-refractivity contribution < 1.29 is 4.79 Å². The Kier molecular flexibility index (Phi) is 6.92. The van der Waals surface area contributed by atoms with Gasteiger partial charge < -0.3 is 4.90 Å². The zero-order valence-electron chi connectivity index (χ0n) is 17.5. The smallest absolute Gasteiger partial charge is 0.253 e. The first-order valence-electron chi connectivity index (χ1n) is 10.8. The molecular weight excluding hydrogens is 390 g/mol. The van der Waals surface area contributed by atoms with Crippen molar-refractivity contribution in [1.29, 1.82) is 0 Å². The fraction of sp³-hybridized carbons (Fsp3) is 0.360. The molecule has 0 atom stereocenters. The van der Waals surface area contributed by atoms with Crippen molar-refractivity contribution >= 4 is 17.2 Å². The number of hydrogen-bond acceptors (Lipinski definition) is 4. The van der Waals surface area contributed by atoms with Crippen molar-refractivity contribution in [1.82, 2.24) is 14.8 Å². The van der Waals surface area contributed by atoms with Gasteiger partial charge in [0, 0.05) is 42.2 Å². The monoisotopic (exact) mass is 419 g/mol. The third-order valence-electron chi connectivity index (χ3n) is 5.74. The maximum Gasteiger partial charge on any atom is 0.253 e. The molecule has 1 aromatic heterocycles. The number of likely N-dealkylation sites (tertiary alicyclic amines) is 1. The summed E-state index contributed by atoms with van der Waals surface area (Å²) < 4.78 is 0. The summed E-state index contributed by atoms with van der Waals surface area (Å²) >= 11 is 1.72. The van der Waals surface area contributed by atoms with Crippen LogP contribution in [0.5, 0.6) is 0 Å². The van der Waals surface area contributed by atoms with E-state index in [1.165, 1.54) is 5.56 Å². The van der Waals surface area contributed by atoms with Gasteiger partial charge in [0.2, 0.25) is 0 Å². The predicted molar refractivity (Wildman–Crippen MR) is 124 cm³/mol. The van der Waals surface area contributed by atoms with Gasteiger partial charge in [-0.25, -0.2) is 4.98 Å². The van der Waals surface area contributed by atoms with Crippen LogP contribution in [0, 0.1) is 0 Å². The van der Waals surface area contributed by atoms with Crippen LogP contribution in [0.3, 0.4) is 0 Å². The summed E-state index contributed by atoms with van der Waals surface area (Å²) in [4.78, 5) is 22.2. The maximum absolute atomic E-state index is 12.7. The molecule has 1 saturated heterocycles. The standard InChI is InChI=1S/C25H29N3OS/c1-2-15-28(18-22-19-30-24(26-22)20-9-5-3-6-10-20)23-13-16-27(17-14-23)25(29)21-11-7-4-8-12-21/h3-12,19,23H,2,13-18H2,1H3. The van der Waals surface area contributed by atoms with E-state index in [4.69, 9.17) is 4.98 Å². The lowest BCUT2D eigenvalue weighted by Crippen LogP contribution is -2.46. The van der Waals surface area contributed by atoms with Crippen LogP contribution >= 0.6 is 11.3 Å². The highest BCUT2D eigenvalue weighted by Crippen LogP contribution is 2.26. The van der Waals surface area contributed by atoms with E-state index in [1.807, 2.05) is 41.3 Å². The number of carbonyl (C=O) groups excluding carboxylic acids is 1.